The van der Waals surface area contributed by atoms with Gasteiger partial charge >= 0.3 is 0 Å². The number of aryl methyl sites for hydroxylation is 1. The van der Waals surface area contributed by atoms with Gasteiger partial charge in [0.25, 0.3) is 0 Å². The molecule has 2 N–H and O–H groups in total. The number of hydrogen-bond acceptors (Lipinski definition) is 2. The van der Waals surface area contributed by atoms with E-state index >= 15 is 0 Å². The molecule has 1 aliphatic rings. The molecule has 1 amide bonds. The van der Waals surface area contributed by atoms with Crippen molar-refractivity contribution >= 4 is 16.8 Å². The Morgan fingerprint density at radius 2 is 2.30 bits per heavy atom. The van der Waals surface area contributed by atoms with Crippen LogP contribution in [0.4, 0.5) is 0 Å². The molecule has 1 atom stereocenters. The highest BCUT2D eigenvalue weighted by Gasteiger charge is 2.16. The Kier molecular flexibility index (Phi) is 4.02. The molecule has 4 nitrogen and oxygen atoms in total. The zero-order chi connectivity index (χ0) is 13.8. The van der Waals surface area contributed by atoms with E-state index in [1.807, 2.05) is 18.3 Å². The summed E-state index contributed by atoms with van der Waals surface area (Å²) in [6.45, 7) is 1.47. The summed E-state index contributed by atoms with van der Waals surface area (Å²) in [6, 6.07) is 8.38. The quantitative estimate of drug-likeness (QED) is 0.898. The molecule has 1 aliphatic heterocycles. The number of fused-ring (bicyclic) bond motifs is 1. The van der Waals surface area contributed by atoms with Crippen molar-refractivity contribution in [1.82, 2.24) is 10.3 Å². The summed E-state index contributed by atoms with van der Waals surface area (Å²) in [6.07, 6.45) is 5.36. The smallest absolute Gasteiger partial charge is 0.220 e. The Bertz CT molecular complexity index is 585. The van der Waals surface area contributed by atoms with Crippen LogP contribution in [0.3, 0.4) is 0 Å². The molecule has 3 rings (SSSR count). The number of aromatic nitrogens is 1. The highest BCUT2D eigenvalue weighted by Crippen LogP contribution is 2.19. The molecular formula is C16H20N2O2. The normalized spacial score (nSPS) is 19.1. The van der Waals surface area contributed by atoms with Crippen LogP contribution in [0, 0.1) is 0 Å². The van der Waals surface area contributed by atoms with Crippen LogP contribution in [0.25, 0.3) is 10.9 Å². The molecule has 1 fully saturated rings. The minimum Gasteiger partial charge on any atom is -0.379 e. The second kappa shape index (κ2) is 6.09. The number of hydrogen-bond donors (Lipinski definition) is 2. The second-order valence-corrected chi connectivity index (χ2v) is 5.34. The van der Waals surface area contributed by atoms with Crippen LogP contribution in [-0.2, 0) is 16.0 Å². The van der Waals surface area contributed by atoms with Crippen molar-refractivity contribution < 1.29 is 9.53 Å². The minimum absolute atomic E-state index is 0.116. The summed E-state index contributed by atoms with van der Waals surface area (Å²) in [5.74, 6) is 0.116. The molecule has 1 aromatic carbocycles. The van der Waals surface area contributed by atoms with Crippen LogP contribution in [-0.4, -0.2) is 30.1 Å². The summed E-state index contributed by atoms with van der Waals surface area (Å²) in [5, 5.41) is 4.26. The number of rotatable bonds is 4. The van der Waals surface area contributed by atoms with Crippen molar-refractivity contribution in [1.29, 1.82) is 0 Å². The fraction of sp³-hybridized carbons (Fsp3) is 0.438. The standard InChI is InChI=1S/C16H20N2O2/c19-16(18-13-4-3-9-20-11-13)8-7-12-10-17-15-6-2-1-5-14(12)15/h1-2,5-6,10,13,17H,3-4,7-9,11H2,(H,18,19). The zero-order valence-corrected chi connectivity index (χ0v) is 11.5. The number of carbonyl (C=O) groups excluding carboxylic acids is 1. The van der Waals surface area contributed by atoms with Crippen LogP contribution in [0.1, 0.15) is 24.8 Å². The van der Waals surface area contributed by atoms with Gasteiger partial charge in [0.15, 0.2) is 0 Å². The molecule has 0 aliphatic carbocycles. The number of ether oxygens (including phenoxy) is 1. The van der Waals surface area contributed by atoms with Gasteiger partial charge in [-0.05, 0) is 30.9 Å². The highest BCUT2D eigenvalue weighted by molar-refractivity contribution is 5.84. The summed E-state index contributed by atoms with van der Waals surface area (Å²) in [4.78, 5) is 15.2. The largest absolute Gasteiger partial charge is 0.379 e. The van der Waals surface area contributed by atoms with Crippen molar-refractivity contribution in [2.24, 2.45) is 0 Å². The first-order chi connectivity index (χ1) is 9.83. The SMILES string of the molecule is O=C(CCc1c[nH]c2ccccc12)NC1CCCOC1. The topological polar surface area (TPSA) is 54.1 Å². The molecule has 0 bridgehead atoms. The first-order valence-corrected chi connectivity index (χ1v) is 7.25. The monoisotopic (exact) mass is 272 g/mol. The highest BCUT2D eigenvalue weighted by atomic mass is 16.5. The first kappa shape index (κ1) is 13.2. The zero-order valence-electron chi connectivity index (χ0n) is 11.5. The van der Waals surface area contributed by atoms with E-state index in [9.17, 15) is 4.79 Å². The van der Waals surface area contributed by atoms with Gasteiger partial charge < -0.3 is 15.0 Å². The maximum absolute atomic E-state index is 12.0. The third kappa shape index (κ3) is 3.02. The lowest BCUT2D eigenvalue weighted by molar-refractivity contribution is -0.122. The minimum atomic E-state index is 0.116. The lowest BCUT2D eigenvalue weighted by atomic mass is 10.1. The van der Waals surface area contributed by atoms with Crippen LogP contribution in [0.5, 0.6) is 0 Å². The van der Waals surface area contributed by atoms with E-state index in [0.717, 1.165) is 31.4 Å². The predicted molar refractivity (Wildman–Crippen MR) is 78.6 cm³/mol. The van der Waals surface area contributed by atoms with Crippen molar-refractivity contribution in [2.45, 2.75) is 31.7 Å². The molecule has 106 valence electrons. The van der Waals surface area contributed by atoms with Crippen LogP contribution in [0.15, 0.2) is 30.5 Å². The van der Waals surface area contributed by atoms with Gasteiger partial charge in [-0.2, -0.15) is 0 Å². The molecule has 2 heterocycles. The molecule has 0 saturated carbocycles. The second-order valence-electron chi connectivity index (χ2n) is 5.34. The van der Waals surface area contributed by atoms with Crippen LogP contribution < -0.4 is 5.32 Å². The predicted octanol–water partition coefficient (Wildman–Crippen LogP) is 2.40. The number of H-pyrrole nitrogens is 1. The third-order valence-electron chi connectivity index (χ3n) is 3.82. The van der Waals surface area contributed by atoms with Gasteiger partial charge in [-0.3, -0.25) is 4.79 Å². The Morgan fingerprint density at radius 3 is 3.15 bits per heavy atom. The van der Waals surface area contributed by atoms with Gasteiger partial charge in [0.2, 0.25) is 5.91 Å². The maximum Gasteiger partial charge on any atom is 0.220 e. The first-order valence-electron chi connectivity index (χ1n) is 7.25. The summed E-state index contributed by atoms with van der Waals surface area (Å²) < 4.78 is 5.37. The number of amides is 1. The fourth-order valence-electron chi connectivity index (χ4n) is 2.74. The van der Waals surface area contributed by atoms with Gasteiger partial charge in [0, 0.05) is 30.1 Å². The van der Waals surface area contributed by atoms with E-state index in [4.69, 9.17) is 4.74 Å². The van der Waals surface area contributed by atoms with E-state index < -0.39 is 0 Å². The molecule has 1 aromatic heterocycles. The molecular weight excluding hydrogens is 252 g/mol. The molecule has 1 saturated heterocycles. The maximum atomic E-state index is 12.0. The van der Waals surface area contributed by atoms with Gasteiger partial charge in [-0.1, -0.05) is 18.2 Å². The Hall–Kier alpha value is -1.81. The third-order valence-corrected chi connectivity index (χ3v) is 3.82. The van der Waals surface area contributed by atoms with Crippen LogP contribution >= 0.6 is 0 Å². The Morgan fingerprint density at radius 1 is 1.40 bits per heavy atom. The van der Waals surface area contributed by atoms with Crippen molar-refractivity contribution in [2.75, 3.05) is 13.2 Å². The van der Waals surface area contributed by atoms with Crippen molar-refractivity contribution in [3.63, 3.8) is 0 Å². The lowest BCUT2D eigenvalue weighted by Gasteiger charge is -2.23. The average Bonchev–Trinajstić information content (AvgIpc) is 2.89. The van der Waals surface area contributed by atoms with Gasteiger partial charge in [0.1, 0.15) is 0 Å². The lowest BCUT2D eigenvalue weighted by Crippen LogP contribution is -2.40. The average molecular weight is 272 g/mol. The number of nitrogens with one attached hydrogen (secondary N) is 2. The van der Waals surface area contributed by atoms with E-state index in [0.29, 0.717) is 13.0 Å². The number of benzene rings is 1. The number of aromatic amines is 1. The fourth-order valence-corrected chi connectivity index (χ4v) is 2.74. The summed E-state index contributed by atoms with van der Waals surface area (Å²) in [7, 11) is 0. The van der Waals surface area contributed by atoms with E-state index in [1.165, 1.54) is 10.9 Å². The number of para-hydroxylation sites is 1. The molecule has 4 heteroatoms. The van der Waals surface area contributed by atoms with Crippen molar-refractivity contribution in [3.8, 4) is 0 Å². The summed E-state index contributed by atoms with van der Waals surface area (Å²) in [5.41, 5.74) is 2.33. The van der Waals surface area contributed by atoms with Crippen LogP contribution in [0.2, 0.25) is 0 Å². The molecule has 20 heavy (non-hydrogen) atoms. The Labute approximate surface area is 118 Å². The molecule has 0 spiro atoms. The molecule has 2 aromatic rings. The van der Waals surface area contributed by atoms with E-state index in [1.54, 1.807) is 0 Å². The van der Waals surface area contributed by atoms with Crippen molar-refractivity contribution in [3.05, 3.63) is 36.0 Å². The molecule has 0 radical (unpaired) electrons. The number of carbonyl (C=O) groups is 1. The van der Waals surface area contributed by atoms with Gasteiger partial charge in [-0.25, -0.2) is 0 Å². The van der Waals surface area contributed by atoms with E-state index in [-0.39, 0.29) is 11.9 Å². The van der Waals surface area contributed by atoms with E-state index in [2.05, 4.69) is 22.4 Å². The summed E-state index contributed by atoms with van der Waals surface area (Å²) >= 11 is 0. The Balaban J connectivity index is 1.54. The molecule has 1 unspecified atom stereocenters. The van der Waals surface area contributed by atoms with Gasteiger partial charge in [-0.15, -0.1) is 0 Å². The van der Waals surface area contributed by atoms with Gasteiger partial charge in [0.05, 0.1) is 12.6 Å².